The molecule has 3 heterocycles. The van der Waals surface area contributed by atoms with Crippen molar-refractivity contribution < 1.29 is 0 Å². The first kappa shape index (κ1) is 16.7. The van der Waals surface area contributed by atoms with Crippen molar-refractivity contribution in [3.8, 4) is 0 Å². The third-order valence-electron chi connectivity index (χ3n) is 4.68. The maximum Gasteiger partial charge on any atom is 0.149 e. The van der Waals surface area contributed by atoms with Crippen LogP contribution in [-0.4, -0.2) is 46.7 Å². The first-order valence-corrected chi connectivity index (χ1v) is 8.94. The second-order valence-corrected chi connectivity index (χ2v) is 6.75. The molecular formula is C18H28N6. The molecule has 1 aliphatic rings. The van der Waals surface area contributed by atoms with Gasteiger partial charge in [-0.1, -0.05) is 13.3 Å². The molecule has 1 unspecified atom stereocenters. The van der Waals surface area contributed by atoms with Crippen LogP contribution in [0.15, 0.2) is 24.8 Å². The summed E-state index contributed by atoms with van der Waals surface area (Å²) in [6, 6.07) is 0. The highest BCUT2D eigenvalue weighted by Crippen LogP contribution is 2.29. The molecule has 0 saturated carbocycles. The molecule has 0 aliphatic carbocycles. The molecule has 2 aromatic rings. The van der Waals surface area contributed by atoms with Gasteiger partial charge in [0, 0.05) is 52.0 Å². The Morgan fingerprint density at radius 2 is 2.17 bits per heavy atom. The Bertz CT molecular complexity index is 650. The lowest BCUT2D eigenvalue weighted by molar-refractivity contribution is 0.464. The fourth-order valence-electron chi connectivity index (χ4n) is 3.31. The maximum atomic E-state index is 4.75. The number of imidazole rings is 1. The summed E-state index contributed by atoms with van der Waals surface area (Å²) >= 11 is 0. The second-order valence-electron chi connectivity index (χ2n) is 6.75. The van der Waals surface area contributed by atoms with Crippen molar-refractivity contribution in [2.75, 3.05) is 37.0 Å². The largest absolute Gasteiger partial charge is 0.361 e. The van der Waals surface area contributed by atoms with Crippen molar-refractivity contribution in [1.29, 1.82) is 0 Å². The van der Waals surface area contributed by atoms with E-state index in [1.54, 1.807) is 0 Å². The summed E-state index contributed by atoms with van der Waals surface area (Å²) in [4.78, 5) is 18.1. The minimum absolute atomic E-state index is 0.468. The SMILES string of the molecule is CCCCn1ccnc1C1CCCN(c2cncc(N(C)C)n2)C1. The minimum atomic E-state index is 0.468. The lowest BCUT2D eigenvalue weighted by Gasteiger charge is -2.33. The van der Waals surface area contributed by atoms with Crippen LogP contribution >= 0.6 is 0 Å². The Morgan fingerprint density at radius 1 is 1.29 bits per heavy atom. The fourth-order valence-corrected chi connectivity index (χ4v) is 3.31. The van der Waals surface area contributed by atoms with E-state index in [2.05, 4.69) is 32.6 Å². The first-order chi connectivity index (χ1) is 11.7. The summed E-state index contributed by atoms with van der Waals surface area (Å²) < 4.78 is 2.33. The van der Waals surface area contributed by atoms with Gasteiger partial charge in [0.2, 0.25) is 0 Å². The van der Waals surface area contributed by atoms with Crippen LogP contribution < -0.4 is 9.80 Å². The zero-order valence-corrected chi connectivity index (χ0v) is 15.0. The number of nitrogens with zero attached hydrogens (tertiary/aromatic N) is 6. The van der Waals surface area contributed by atoms with Gasteiger partial charge >= 0.3 is 0 Å². The fraction of sp³-hybridized carbons (Fsp3) is 0.611. The van der Waals surface area contributed by atoms with E-state index in [0.717, 1.165) is 31.3 Å². The predicted molar refractivity (Wildman–Crippen MR) is 97.7 cm³/mol. The summed E-state index contributed by atoms with van der Waals surface area (Å²) in [5.74, 6) is 3.57. The van der Waals surface area contributed by atoms with Crippen molar-refractivity contribution in [2.45, 2.75) is 45.1 Å². The van der Waals surface area contributed by atoms with E-state index >= 15 is 0 Å². The molecule has 1 saturated heterocycles. The smallest absolute Gasteiger partial charge is 0.149 e. The van der Waals surface area contributed by atoms with Crippen LogP contribution in [0.1, 0.15) is 44.3 Å². The standard InChI is InChI=1S/C18H28N6/c1-4-5-9-23-11-8-20-18(23)15-7-6-10-24(14-15)17-13-19-12-16(21-17)22(2)3/h8,11-13,15H,4-7,9-10,14H2,1-3H3. The van der Waals surface area contributed by atoms with Crippen LogP contribution in [-0.2, 0) is 6.54 Å². The Balaban J connectivity index is 1.75. The molecule has 6 heteroatoms. The molecular weight excluding hydrogens is 300 g/mol. The van der Waals surface area contributed by atoms with Gasteiger partial charge in [0.25, 0.3) is 0 Å². The number of anilines is 2. The molecule has 0 radical (unpaired) electrons. The van der Waals surface area contributed by atoms with Crippen LogP contribution in [0.5, 0.6) is 0 Å². The van der Waals surface area contributed by atoms with E-state index in [4.69, 9.17) is 4.98 Å². The number of rotatable bonds is 6. The Morgan fingerprint density at radius 3 is 2.96 bits per heavy atom. The molecule has 1 aliphatic heterocycles. The van der Waals surface area contributed by atoms with E-state index in [0.29, 0.717) is 5.92 Å². The molecule has 0 aromatic carbocycles. The molecule has 0 amide bonds. The number of hydrogen-bond donors (Lipinski definition) is 0. The van der Waals surface area contributed by atoms with Gasteiger partial charge < -0.3 is 14.4 Å². The Hall–Kier alpha value is -2.11. The summed E-state index contributed by atoms with van der Waals surface area (Å²) in [6.07, 6.45) is 12.5. The molecule has 24 heavy (non-hydrogen) atoms. The van der Waals surface area contributed by atoms with Crippen molar-refractivity contribution >= 4 is 11.6 Å². The molecule has 2 aromatic heterocycles. The number of aryl methyl sites for hydroxylation is 1. The van der Waals surface area contributed by atoms with E-state index in [-0.39, 0.29) is 0 Å². The average molecular weight is 328 g/mol. The van der Waals surface area contributed by atoms with Gasteiger partial charge in [0.1, 0.15) is 17.5 Å². The van der Waals surface area contributed by atoms with Crippen LogP contribution in [0.3, 0.4) is 0 Å². The van der Waals surface area contributed by atoms with E-state index in [1.165, 1.54) is 31.5 Å². The van der Waals surface area contributed by atoms with Crippen LogP contribution in [0.25, 0.3) is 0 Å². The highest BCUT2D eigenvalue weighted by atomic mass is 15.2. The van der Waals surface area contributed by atoms with E-state index < -0.39 is 0 Å². The summed E-state index contributed by atoms with van der Waals surface area (Å²) in [5, 5.41) is 0. The lowest BCUT2D eigenvalue weighted by Crippen LogP contribution is -2.36. The average Bonchev–Trinajstić information content (AvgIpc) is 3.08. The van der Waals surface area contributed by atoms with Gasteiger partial charge in [-0.3, -0.25) is 4.98 Å². The van der Waals surface area contributed by atoms with Crippen LogP contribution in [0.2, 0.25) is 0 Å². The third-order valence-corrected chi connectivity index (χ3v) is 4.68. The molecule has 0 bridgehead atoms. The van der Waals surface area contributed by atoms with Crippen molar-refractivity contribution in [3.63, 3.8) is 0 Å². The highest BCUT2D eigenvalue weighted by molar-refractivity contribution is 5.45. The summed E-state index contributed by atoms with van der Waals surface area (Å²) in [7, 11) is 3.99. The van der Waals surface area contributed by atoms with Gasteiger partial charge in [0.15, 0.2) is 0 Å². The number of hydrogen-bond acceptors (Lipinski definition) is 5. The van der Waals surface area contributed by atoms with Crippen LogP contribution in [0.4, 0.5) is 11.6 Å². The Labute approximate surface area is 144 Å². The zero-order chi connectivity index (χ0) is 16.9. The van der Waals surface area contributed by atoms with Crippen molar-refractivity contribution in [1.82, 2.24) is 19.5 Å². The summed E-state index contributed by atoms with van der Waals surface area (Å²) in [6.45, 7) is 5.31. The molecule has 1 fully saturated rings. The zero-order valence-electron chi connectivity index (χ0n) is 15.0. The van der Waals surface area contributed by atoms with Crippen LogP contribution in [0, 0.1) is 0 Å². The molecule has 3 rings (SSSR count). The van der Waals surface area contributed by atoms with Gasteiger partial charge in [-0.05, 0) is 19.3 Å². The molecule has 0 N–H and O–H groups in total. The predicted octanol–water partition coefficient (Wildman–Crippen LogP) is 2.92. The van der Waals surface area contributed by atoms with Crippen molar-refractivity contribution in [3.05, 3.63) is 30.6 Å². The van der Waals surface area contributed by atoms with Gasteiger partial charge in [-0.15, -0.1) is 0 Å². The highest BCUT2D eigenvalue weighted by Gasteiger charge is 2.25. The Kier molecular flexibility index (Phi) is 5.33. The normalized spacial score (nSPS) is 18.0. The molecule has 130 valence electrons. The minimum Gasteiger partial charge on any atom is -0.361 e. The maximum absolute atomic E-state index is 4.75. The molecule has 0 spiro atoms. The van der Waals surface area contributed by atoms with Gasteiger partial charge in [0.05, 0.1) is 12.4 Å². The van der Waals surface area contributed by atoms with Gasteiger partial charge in [-0.25, -0.2) is 9.97 Å². The molecule has 6 nitrogen and oxygen atoms in total. The topological polar surface area (TPSA) is 50.1 Å². The van der Waals surface area contributed by atoms with Crippen molar-refractivity contribution in [2.24, 2.45) is 0 Å². The van der Waals surface area contributed by atoms with Gasteiger partial charge in [-0.2, -0.15) is 0 Å². The molecule has 1 atom stereocenters. The number of aromatic nitrogens is 4. The number of piperidine rings is 1. The van der Waals surface area contributed by atoms with E-state index in [9.17, 15) is 0 Å². The third kappa shape index (κ3) is 3.68. The van der Waals surface area contributed by atoms with E-state index in [1.807, 2.05) is 37.6 Å². The number of unbranched alkanes of at least 4 members (excludes halogenated alkanes) is 1. The second kappa shape index (κ2) is 7.64. The lowest BCUT2D eigenvalue weighted by atomic mass is 9.97. The first-order valence-electron chi connectivity index (χ1n) is 8.94. The quantitative estimate of drug-likeness (QED) is 0.816. The monoisotopic (exact) mass is 328 g/mol. The summed E-state index contributed by atoms with van der Waals surface area (Å²) in [5.41, 5.74) is 0.